The van der Waals surface area contributed by atoms with E-state index in [-0.39, 0.29) is 17.5 Å². The van der Waals surface area contributed by atoms with E-state index in [1.165, 1.54) is 0 Å². The van der Waals surface area contributed by atoms with E-state index in [0.29, 0.717) is 30.5 Å². The molecule has 0 radical (unpaired) electrons. The van der Waals surface area contributed by atoms with Gasteiger partial charge in [-0.25, -0.2) is 4.98 Å². The highest BCUT2D eigenvalue weighted by Gasteiger charge is 2.27. The highest BCUT2D eigenvalue weighted by molar-refractivity contribution is 5.85. The van der Waals surface area contributed by atoms with Crippen LogP contribution in [0.1, 0.15) is 36.9 Å². The minimum atomic E-state index is -0.478. The van der Waals surface area contributed by atoms with E-state index in [1.807, 2.05) is 24.3 Å². The Balaban J connectivity index is 1.57. The van der Waals surface area contributed by atoms with E-state index < -0.39 is 4.92 Å². The van der Waals surface area contributed by atoms with Crippen molar-refractivity contribution < 1.29 is 4.92 Å². The minimum absolute atomic E-state index is 0.0991. The Morgan fingerprint density at radius 1 is 1.07 bits per heavy atom. The maximum Gasteiger partial charge on any atom is 0.332 e. The monoisotopic (exact) mass is 406 g/mol. The van der Waals surface area contributed by atoms with Gasteiger partial charge in [0.15, 0.2) is 0 Å². The van der Waals surface area contributed by atoms with Crippen LogP contribution in [0.15, 0.2) is 42.5 Å². The number of nitrogens with one attached hydrogen (secondary N) is 1. The van der Waals surface area contributed by atoms with Gasteiger partial charge in [-0.1, -0.05) is 42.5 Å². The number of nitrogens with zero attached hydrogens (tertiary/aromatic N) is 3. The third kappa shape index (κ3) is 4.33. The van der Waals surface area contributed by atoms with E-state index in [2.05, 4.69) is 33.5 Å². The van der Waals surface area contributed by atoms with Crippen molar-refractivity contribution in [1.82, 2.24) is 9.97 Å². The summed E-state index contributed by atoms with van der Waals surface area (Å²) in [5.74, 6) is 0.537. The average molecular weight is 406 g/mol. The molecular formula is C22H26N6O2. The van der Waals surface area contributed by atoms with E-state index in [4.69, 9.17) is 11.5 Å². The summed E-state index contributed by atoms with van der Waals surface area (Å²) in [5, 5.41) is 17.1. The molecule has 8 heteroatoms. The fourth-order valence-electron chi connectivity index (χ4n) is 4.23. The summed E-state index contributed by atoms with van der Waals surface area (Å²) >= 11 is 0. The maximum absolute atomic E-state index is 11.6. The summed E-state index contributed by atoms with van der Waals surface area (Å²) in [6.07, 6.45) is 4.27. The Kier molecular flexibility index (Phi) is 5.76. The summed E-state index contributed by atoms with van der Waals surface area (Å²) in [5.41, 5.74) is 13.3. The molecule has 0 amide bonds. The lowest BCUT2D eigenvalue weighted by molar-refractivity contribution is -0.385. The lowest BCUT2D eigenvalue weighted by atomic mass is 9.83. The average Bonchev–Trinajstić information content (AvgIpc) is 2.73. The normalized spacial score (nSPS) is 19.0. The number of hydrogen-bond donors (Lipinski definition) is 3. The maximum atomic E-state index is 11.6. The predicted molar refractivity (Wildman–Crippen MR) is 118 cm³/mol. The van der Waals surface area contributed by atoms with Crippen LogP contribution in [0.25, 0.3) is 10.8 Å². The number of fused-ring (bicyclic) bond motifs is 1. The molecule has 0 atom stereocenters. The van der Waals surface area contributed by atoms with Crippen LogP contribution >= 0.6 is 0 Å². The second-order valence-electron chi connectivity index (χ2n) is 7.96. The molecule has 0 saturated heterocycles. The molecule has 3 aromatic rings. The Labute approximate surface area is 174 Å². The van der Waals surface area contributed by atoms with Crippen molar-refractivity contribution in [1.29, 1.82) is 0 Å². The summed E-state index contributed by atoms with van der Waals surface area (Å²) in [6.45, 7) is 0.496. The third-order valence-corrected chi connectivity index (χ3v) is 5.86. The first-order chi connectivity index (χ1) is 14.5. The Morgan fingerprint density at radius 2 is 1.80 bits per heavy atom. The van der Waals surface area contributed by atoms with Crippen LogP contribution < -0.4 is 16.8 Å². The minimum Gasteiger partial charge on any atom is -0.378 e. The number of nitrogens with two attached hydrogens (primary N) is 2. The number of hydrogen-bond acceptors (Lipinski definition) is 7. The molecule has 1 aromatic heterocycles. The number of anilines is 2. The van der Waals surface area contributed by atoms with Crippen LogP contribution in [-0.2, 0) is 13.0 Å². The van der Waals surface area contributed by atoms with Gasteiger partial charge in [-0.15, -0.1) is 0 Å². The molecule has 2 aromatic carbocycles. The second-order valence-corrected chi connectivity index (χ2v) is 7.96. The first-order valence-corrected chi connectivity index (χ1v) is 10.3. The number of nitrogen functional groups attached to an aromatic ring is 1. The van der Waals surface area contributed by atoms with Crippen molar-refractivity contribution in [2.24, 2.45) is 11.7 Å². The summed E-state index contributed by atoms with van der Waals surface area (Å²) in [7, 11) is 0. The van der Waals surface area contributed by atoms with Gasteiger partial charge in [0.1, 0.15) is 5.69 Å². The van der Waals surface area contributed by atoms with E-state index in [0.717, 1.165) is 42.0 Å². The lowest BCUT2D eigenvalue weighted by Crippen LogP contribution is -2.27. The predicted octanol–water partition coefficient (Wildman–Crippen LogP) is 3.79. The van der Waals surface area contributed by atoms with Crippen molar-refractivity contribution >= 4 is 28.2 Å². The van der Waals surface area contributed by atoms with Gasteiger partial charge in [-0.2, -0.15) is 4.98 Å². The second kappa shape index (κ2) is 8.62. The largest absolute Gasteiger partial charge is 0.378 e. The Morgan fingerprint density at radius 3 is 2.57 bits per heavy atom. The van der Waals surface area contributed by atoms with Crippen molar-refractivity contribution in [3.63, 3.8) is 0 Å². The van der Waals surface area contributed by atoms with Crippen LogP contribution in [0.2, 0.25) is 0 Å². The van der Waals surface area contributed by atoms with Gasteiger partial charge in [-0.3, -0.25) is 10.1 Å². The Bertz CT molecular complexity index is 1060. The van der Waals surface area contributed by atoms with Gasteiger partial charge < -0.3 is 16.8 Å². The first kappa shape index (κ1) is 20.0. The molecule has 1 aliphatic carbocycles. The molecule has 1 saturated carbocycles. The molecule has 0 bridgehead atoms. The van der Waals surface area contributed by atoms with Gasteiger partial charge in [0.05, 0.1) is 4.92 Å². The van der Waals surface area contributed by atoms with Gasteiger partial charge >= 0.3 is 5.69 Å². The zero-order valence-electron chi connectivity index (χ0n) is 16.8. The molecular weight excluding hydrogens is 380 g/mol. The van der Waals surface area contributed by atoms with Crippen LogP contribution in [0.5, 0.6) is 0 Å². The fraction of sp³-hybridized carbons (Fsp3) is 0.364. The lowest BCUT2D eigenvalue weighted by Gasteiger charge is -2.25. The van der Waals surface area contributed by atoms with Crippen LogP contribution in [0, 0.1) is 16.0 Å². The van der Waals surface area contributed by atoms with Crippen molar-refractivity contribution in [2.45, 2.75) is 44.7 Å². The van der Waals surface area contributed by atoms with Gasteiger partial charge in [0, 0.05) is 12.6 Å². The highest BCUT2D eigenvalue weighted by Crippen LogP contribution is 2.32. The van der Waals surface area contributed by atoms with E-state index in [9.17, 15) is 10.1 Å². The summed E-state index contributed by atoms with van der Waals surface area (Å²) < 4.78 is 0. The Hall–Kier alpha value is -3.26. The molecule has 1 aliphatic rings. The zero-order chi connectivity index (χ0) is 21.1. The quantitative estimate of drug-likeness (QED) is 0.419. The molecule has 8 nitrogen and oxygen atoms in total. The number of benzene rings is 2. The molecule has 0 unspecified atom stereocenters. The van der Waals surface area contributed by atoms with Crippen LogP contribution in [0.3, 0.4) is 0 Å². The van der Waals surface area contributed by atoms with Crippen LogP contribution in [0.4, 0.5) is 17.5 Å². The molecule has 0 aliphatic heterocycles. The first-order valence-electron chi connectivity index (χ1n) is 10.3. The van der Waals surface area contributed by atoms with Crippen LogP contribution in [-0.4, -0.2) is 20.9 Å². The molecule has 1 fully saturated rings. The topological polar surface area (TPSA) is 133 Å². The molecule has 30 heavy (non-hydrogen) atoms. The standard InChI is InChI=1S/C22H26N6O2/c23-17-10-8-14(9-11-17)12-19-20(28(29)30)21(24)27-22(26-19)25-13-16-6-3-5-15-4-1-2-7-18(15)16/h1-7,14,17H,8-13,23H2,(H3,24,25,26,27). The zero-order valence-corrected chi connectivity index (χ0v) is 16.8. The van der Waals surface area contributed by atoms with E-state index in [1.54, 1.807) is 0 Å². The van der Waals surface area contributed by atoms with Gasteiger partial charge in [-0.05, 0) is 54.4 Å². The van der Waals surface area contributed by atoms with Crippen molar-refractivity contribution in [3.05, 3.63) is 63.8 Å². The number of rotatable bonds is 6. The third-order valence-electron chi connectivity index (χ3n) is 5.86. The van der Waals surface area contributed by atoms with Crippen molar-refractivity contribution in [2.75, 3.05) is 11.1 Å². The molecule has 156 valence electrons. The molecule has 4 rings (SSSR count). The summed E-state index contributed by atoms with van der Waals surface area (Å²) in [4.78, 5) is 19.7. The molecule has 5 N–H and O–H groups in total. The molecule has 1 heterocycles. The van der Waals surface area contributed by atoms with E-state index >= 15 is 0 Å². The number of nitro groups is 1. The fourth-order valence-corrected chi connectivity index (χ4v) is 4.23. The number of aromatic nitrogens is 2. The van der Waals surface area contributed by atoms with Crippen molar-refractivity contribution in [3.8, 4) is 0 Å². The smallest absolute Gasteiger partial charge is 0.332 e. The van der Waals surface area contributed by atoms with Gasteiger partial charge in [0.25, 0.3) is 0 Å². The molecule has 0 spiro atoms. The summed E-state index contributed by atoms with van der Waals surface area (Å²) in [6, 6.07) is 14.5. The van der Waals surface area contributed by atoms with Gasteiger partial charge in [0.2, 0.25) is 11.8 Å². The highest BCUT2D eigenvalue weighted by atomic mass is 16.6. The SMILES string of the molecule is Nc1nc(NCc2cccc3ccccc23)nc(CC2CCC(N)CC2)c1[N+](=O)[O-].